The van der Waals surface area contributed by atoms with E-state index in [4.69, 9.17) is 0 Å². The summed E-state index contributed by atoms with van der Waals surface area (Å²) in [5.74, 6) is -0.204. The van der Waals surface area contributed by atoms with Crippen LogP contribution in [0, 0.1) is 0 Å². The van der Waals surface area contributed by atoms with Crippen LogP contribution in [0.4, 0.5) is 0 Å². The Bertz CT molecular complexity index is 194. The quantitative estimate of drug-likeness (QED) is 0.487. The smallest absolute Gasteiger partial charge is 0.307 e. The summed E-state index contributed by atoms with van der Waals surface area (Å²) in [4.78, 5) is 19.7. The Kier molecular flexibility index (Phi) is 9.15. The maximum absolute atomic E-state index is 9.97. The van der Waals surface area contributed by atoms with Crippen LogP contribution in [0.5, 0.6) is 0 Å². The molecule has 0 amide bonds. The average molecular weight is 186 g/mol. The molecule has 0 bridgehead atoms. The number of hydrogen-bond donors (Lipinski definition) is 0. The summed E-state index contributed by atoms with van der Waals surface area (Å²) in [5.41, 5.74) is 0. The van der Waals surface area contributed by atoms with Gasteiger partial charge in [-0.1, -0.05) is 13.2 Å². The lowest BCUT2D eigenvalue weighted by molar-refractivity contribution is -0.137. The van der Waals surface area contributed by atoms with Crippen LogP contribution in [0.3, 0.4) is 0 Å². The van der Waals surface area contributed by atoms with Crippen LogP contribution in [0.15, 0.2) is 25.2 Å². The van der Waals surface area contributed by atoms with Gasteiger partial charge in [0, 0.05) is 13.8 Å². The molecule has 0 aliphatic rings. The third-order valence-corrected chi connectivity index (χ3v) is 0.567. The van der Waals surface area contributed by atoms with Gasteiger partial charge in [-0.05, 0) is 6.92 Å². The Morgan fingerprint density at radius 1 is 1.15 bits per heavy atom. The van der Waals surface area contributed by atoms with Gasteiger partial charge in [0.25, 0.3) is 0 Å². The summed E-state index contributed by atoms with van der Waals surface area (Å²) >= 11 is 0. The molecule has 4 heteroatoms. The first-order chi connectivity index (χ1) is 5.90. The van der Waals surface area contributed by atoms with Crippen molar-refractivity contribution in [2.45, 2.75) is 20.8 Å². The predicted octanol–water partition coefficient (Wildman–Crippen LogP) is 1.78. The van der Waals surface area contributed by atoms with Crippen molar-refractivity contribution in [3.05, 3.63) is 25.2 Å². The van der Waals surface area contributed by atoms with Crippen molar-refractivity contribution in [3.8, 4) is 0 Å². The van der Waals surface area contributed by atoms with Crippen LogP contribution in [0.1, 0.15) is 20.8 Å². The fourth-order valence-corrected chi connectivity index (χ4v) is 0.363. The number of ether oxygens (including phenoxy) is 2. The highest BCUT2D eigenvalue weighted by molar-refractivity contribution is 5.67. The summed E-state index contributed by atoms with van der Waals surface area (Å²) in [7, 11) is 0. The molecule has 0 aliphatic heterocycles. The molecule has 0 radical (unpaired) electrons. The van der Waals surface area contributed by atoms with Crippen LogP contribution in [0.25, 0.3) is 0 Å². The molecule has 0 spiro atoms. The van der Waals surface area contributed by atoms with E-state index in [0.717, 1.165) is 6.26 Å². The summed E-state index contributed by atoms with van der Waals surface area (Å²) in [6.45, 7) is 10.8. The molecule has 0 unspecified atom stereocenters. The minimum Gasteiger partial charge on any atom is -0.435 e. The highest BCUT2D eigenvalue weighted by Crippen LogP contribution is 1.87. The maximum Gasteiger partial charge on any atom is 0.307 e. The number of hydrogen-bond acceptors (Lipinski definition) is 4. The molecule has 0 aromatic heterocycles. The van der Waals surface area contributed by atoms with Gasteiger partial charge in [-0.25, -0.2) is 0 Å². The van der Waals surface area contributed by atoms with Gasteiger partial charge in [0.2, 0.25) is 0 Å². The molecular weight excluding hydrogens is 172 g/mol. The first-order valence-electron chi connectivity index (χ1n) is 3.52. The zero-order chi connectivity index (χ0) is 10.9. The van der Waals surface area contributed by atoms with Gasteiger partial charge in [-0.3, -0.25) is 9.59 Å². The Balaban J connectivity index is 0. The van der Waals surface area contributed by atoms with Crippen LogP contribution in [-0.2, 0) is 19.1 Å². The van der Waals surface area contributed by atoms with E-state index in [9.17, 15) is 9.59 Å². The molecule has 0 aromatic rings. The van der Waals surface area contributed by atoms with Crippen molar-refractivity contribution in [1.82, 2.24) is 0 Å². The van der Waals surface area contributed by atoms with Crippen molar-refractivity contribution in [2.24, 2.45) is 0 Å². The van der Waals surface area contributed by atoms with Gasteiger partial charge >= 0.3 is 11.9 Å². The molecule has 13 heavy (non-hydrogen) atoms. The highest BCUT2D eigenvalue weighted by Gasteiger charge is 1.87. The van der Waals surface area contributed by atoms with Crippen molar-refractivity contribution in [3.63, 3.8) is 0 Å². The van der Waals surface area contributed by atoms with Crippen LogP contribution in [0.2, 0.25) is 0 Å². The van der Waals surface area contributed by atoms with Crippen LogP contribution in [-0.4, -0.2) is 11.9 Å². The molecule has 0 heterocycles. The molecule has 4 nitrogen and oxygen atoms in total. The average Bonchev–Trinajstić information content (AvgIpc) is 1.83. The van der Waals surface area contributed by atoms with E-state index >= 15 is 0 Å². The second kappa shape index (κ2) is 8.52. The van der Waals surface area contributed by atoms with E-state index in [1.165, 1.54) is 13.8 Å². The van der Waals surface area contributed by atoms with Gasteiger partial charge in [0.05, 0.1) is 12.0 Å². The number of carbonyl (C=O) groups excluding carboxylic acids is 2. The second-order valence-corrected chi connectivity index (χ2v) is 2.07. The second-order valence-electron chi connectivity index (χ2n) is 2.07. The largest absolute Gasteiger partial charge is 0.435 e. The zero-order valence-corrected chi connectivity index (χ0v) is 8.12. The lowest BCUT2D eigenvalue weighted by Crippen LogP contribution is -1.93. The van der Waals surface area contributed by atoms with Gasteiger partial charge in [0.1, 0.15) is 0 Å². The molecule has 0 aliphatic carbocycles. The van der Waals surface area contributed by atoms with Crippen molar-refractivity contribution in [1.29, 1.82) is 0 Å². The van der Waals surface area contributed by atoms with E-state index in [1.54, 1.807) is 6.92 Å². The Hall–Kier alpha value is -1.58. The Labute approximate surface area is 77.8 Å². The highest BCUT2D eigenvalue weighted by atomic mass is 16.5. The van der Waals surface area contributed by atoms with Crippen LogP contribution < -0.4 is 0 Å². The fourth-order valence-electron chi connectivity index (χ4n) is 0.363. The van der Waals surface area contributed by atoms with Gasteiger partial charge in [0.15, 0.2) is 0 Å². The Morgan fingerprint density at radius 3 is 1.62 bits per heavy atom. The number of esters is 2. The number of carbonyl (C=O) groups is 2. The molecule has 0 fully saturated rings. The Morgan fingerprint density at radius 2 is 1.62 bits per heavy atom. The number of allylic oxidation sites excluding steroid dienone is 1. The summed E-state index contributed by atoms with van der Waals surface area (Å²) in [5, 5.41) is 0. The van der Waals surface area contributed by atoms with Crippen molar-refractivity contribution < 1.29 is 19.1 Å². The van der Waals surface area contributed by atoms with E-state index in [2.05, 4.69) is 22.6 Å². The van der Waals surface area contributed by atoms with E-state index in [0.29, 0.717) is 5.76 Å². The van der Waals surface area contributed by atoms with E-state index < -0.39 is 0 Å². The van der Waals surface area contributed by atoms with Crippen molar-refractivity contribution in [2.75, 3.05) is 0 Å². The summed E-state index contributed by atoms with van der Waals surface area (Å²) in [6, 6.07) is 0. The molecule has 0 saturated heterocycles. The predicted molar refractivity (Wildman–Crippen MR) is 48.5 cm³/mol. The lowest BCUT2D eigenvalue weighted by atomic mass is 10.6. The molecule has 74 valence electrons. The molecule has 0 N–H and O–H groups in total. The first kappa shape index (κ1) is 14.0. The molecule has 0 rings (SSSR count). The monoisotopic (exact) mass is 186 g/mol. The van der Waals surface area contributed by atoms with Gasteiger partial charge < -0.3 is 9.47 Å². The summed E-state index contributed by atoms with van der Waals surface area (Å²) < 4.78 is 8.58. The molecule has 0 atom stereocenters. The van der Waals surface area contributed by atoms with E-state index in [1.807, 2.05) is 0 Å². The number of rotatable bonds is 2. The molecule has 0 saturated carbocycles. The van der Waals surface area contributed by atoms with Gasteiger partial charge in [-0.2, -0.15) is 0 Å². The van der Waals surface area contributed by atoms with Gasteiger partial charge in [-0.15, -0.1) is 0 Å². The maximum atomic E-state index is 9.97. The topological polar surface area (TPSA) is 52.6 Å². The molecule has 0 aromatic carbocycles. The lowest BCUT2D eigenvalue weighted by Gasteiger charge is -1.93. The third-order valence-electron chi connectivity index (χ3n) is 0.567. The minimum atomic E-state index is -0.329. The normalized spacial score (nSPS) is 7.31. The van der Waals surface area contributed by atoms with Crippen LogP contribution >= 0.6 is 0 Å². The first-order valence-corrected chi connectivity index (χ1v) is 3.52. The standard InChI is InChI=1S/C5H8O2.C4H6O2/c1-4(2)7-5(3)6;1-3-6-4(2)5/h1H2,2-3H3;3H,1H2,2H3. The SMILES string of the molecule is C=C(C)OC(C)=O.C=COC(C)=O. The summed E-state index contributed by atoms with van der Waals surface area (Å²) in [6.07, 6.45) is 1.10. The van der Waals surface area contributed by atoms with E-state index in [-0.39, 0.29) is 11.9 Å². The minimum absolute atomic E-state index is 0.312. The fraction of sp³-hybridized carbons (Fsp3) is 0.333. The third kappa shape index (κ3) is 25.1. The zero-order valence-electron chi connectivity index (χ0n) is 8.12. The molecular formula is C9H14O4. The van der Waals surface area contributed by atoms with Crippen molar-refractivity contribution >= 4 is 11.9 Å².